The number of anilines is 1. The van der Waals surface area contributed by atoms with Crippen molar-refractivity contribution in [1.29, 1.82) is 0 Å². The summed E-state index contributed by atoms with van der Waals surface area (Å²) in [4.78, 5) is 26.3. The highest BCUT2D eigenvalue weighted by Gasteiger charge is 2.15. The first-order valence-corrected chi connectivity index (χ1v) is 11.2. The molecule has 0 bridgehead atoms. The van der Waals surface area contributed by atoms with E-state index in [4.69, 9.17) is 0 Å². The molecular weight excluding hydrogens is 388 g/mol. The Morgan fingerprint density at radius 1 is 0.966 bits per heavy atom. The van der Waals surface area contributed by atoms with Crippen molar-refractivity contribution in [3.63, 3.8) is 0 Å². The highest BCUT2D eigenvalue weighted by atomic mass is 32.2. The van der Waals surface area contributed by atoms with E-state index in [0.29, 0.717) is 11.3 Å². The second-order valence-electron chi connectivity index (χ2n) is 8.05. The smallest absolute Gasteiger partial charge is 0.251 e. The van der Waals surface area contributed by atoms with Crippen molar-refractivity contribution < 1.29 is 18.0 Å². The minimum absolute atomic E-state index is 0.0194. The highest BCUT2D eigenvalue weighted by Crippen LogP contribution is 2.22. The number of carbonyl (C=O) groups excluding carboxylic acids is 2. The molecule has 0 unspecified atom stereocenters. The molecule has 1 N–H and O–H groups in total. The summed E-state index contributed by atoms with van der Waals surface area (Å²) in [5, 5.41) is 2.76. The maximum Gasteiger partial charge on any atom is 0.251 e. The van der Waals surface area contributed by atoms with Crippen LogP contribution in [-0.2, 0) is 20.0 Å². The molecule has 0 saturated carbocycles. The summed E-state index contributed by atoms with van der Waals surface area (Å²) in [5.74, 6) is -0.404. The van der Waals surface area contributed by atoms with Crippen LogP contribution >= 0.6 is 0 Å². The van der Waals surface area contributed by atoms with Gasteiger partial charge in [0.05, 0.1) is 4.90 Å². The van der Waals surface area contributed by atoms with Gasteiger partial charge in [-0.1, -0.05) is 32.9 Å². The van der Waals surface area contributed by atoms with Crippen LogP contribution in [0.25, 0.3) is 0 Å². The van der Waals surface area contributed by atoms with Crippen LogP contribution in [0.5, 0.6) is 0 Å². The van der Waals surface area contributed by atoms with Gasteiger partial charge < -0.3 is 10.2 Å². The van der Waals surface area contributed by atoms with Gasteiger partial charge >= 0.3 is 0 Å². The first-order valence-electron chi connectivity index (χ1n) is 9.35. The third-order valence-corrected chi connectivity index (χ3v) is 5.79. The lowest BCUT2D eigenvalue weighted by Gasteiger charge is -2.19. The number of amides is 2. The Balaban J connectivity index is 1.89. The summed E-state index contributed by atoms with van der Waals surface area (Å²) in [7, 11) is -1.66. The van der Waals surface area contributed by atoms with Gasteiger partial charge in [0.1, 0.15) is 0 Å². The Bertz CT molecular complexity index is 973. The number of nitrogens with zero attached hydrogens (tertiary/aromatic N) is 1. The van der Waals surface area contributed by atoms with Gasteiger partial charge in [0.15, 0.2) is 9.84 Å². The van der Waals surface area contributed by atoms with Gasteiger partial charge in [-0.15, -0.1) is 0 Å². The SMILES string of the molecule is CN(C(=O)CCNC(=O)c1ccc(C(C)(C)C)cc1)c1ccc(S(C)(=O)=O)cc1. The zero-order chi connectivity index (χ0) is 21.8. The van der Waals surface area contributed by atoms with E-state index in [1.54, 1.807) is 31.3 Å². The molecule has 7 heteroatoms. The zero-order valence-corrected chi connectivity index (χ0v) is 18.3. The average Bonchev–Trinajstić information content (AvgIpc) is 2.66. The minimum Gasteiger partial charge on any atom is -0.352 e. The Labute approximate surface area is 172 Å². The maximum atomic E-state index is 12.4. The number of rotatable bonds is 6. The fourth-order valence-corrected chi connectivity index (χ4v) is 3.37. The molecule has 0 aromatic heterocycles. The maximum absolute atomic E-state index is 12.4. The van der Waals surface area contributed by atoms with Gasteiger partial charge in [0.2, 0.25) is 5.91 Å². The second-order valence-corrected chi connectivity index (χ2v) is 10.1. The topological polar surface area (TPSA) is 83.6 Å². The monoisotopic (exact) mass is 416 g/mol. The molecule has 2 aromatic carbocycles. The summed E-state index contributed by atoms with van der Waals surface area (Å²) in [5.41, 5.74) is 2.31. The minimum atomic E-state index is -3.28. The summed E-state index contributed by atoms with van der Waals surface area (Å²) in [6, 6.07) is 13.6. The van der Waals surface area contributed by atoms with E-state index < -0.39 is 9.84 Å². The molecule has 0 atom stereocenters. The molecule has 0 fully saturated rings. The van der Waals surface area contributed by atoms with Crippen LogP contribution in [0.3, 0.4) is 0 Å². The Morgan fingerprint density at radius 3 is 2.00 bits per heavy atom. The highest BCUT2D eigenvalue weighted by molar-refractivity contribution is 7.90. The molecule has 0 spiro atoms. The van der Waals surface area contributed by atoms with Gasteiger partial charge in [-0.3, -0.25) is 9.59 Å². The summed E-state index contributed by atoms with van der Waals surface area (Å²) in [6.07, 6.45) is 1.27. The van der Waals surface area contributed by atoms with Crippen molar-refractivity contribution in [3.8, 4) is 0 Å². The van der Waals surface area contributed by atoms with Crippen molar-refractivity contribution in [2.75, 3.05) is 24.7 Å². The fraction of sp³-hybridized carbons (Fsp3) is 0.364. The van der Waals surface area contributed by atoms with Crippen LogP contribution in [0.15, 0.2) is 53.4 Å². The van der Waals surface area contributed by atoms with Crippen molar-refractivity contribution in [2.24, 2.45) is 0 Å². The van der Waals surface area contributed by atoms with Gasteiger partial charge in [0.25, 0.3) is 5.91 Å². The zero-order valence-electron chi connectivity index (χ0n) is 17.5. The predicted molar refractivity (Wildman–Crippen MR) is 115 cm³/mol. The molecule has 156 valence electrons. The third kappa shape index (κ3) is 6.15. The van der Waals surface area contributed by atoms with Crippen LogP contribution < -0.4 is 10.2 Å². The third-order valence-electron chi connectivity index (χ3n) is 4.66. The molecule has 29 heavy (non-hydrogen) atoms. The normalized spacial score (nSPS) is 11.8. The molecule has 0 heterocycles. The number of hydrogen-bond acceptors (Lipinski definition) is 4. The van der Waals surface area contributed by atoms with Gasteiger partial charge in [-0.05, 0) is 47.4 Å². The van der Waals surface area contributed by atoms with Gasteiger partial charge in [-0.25, -0.2) is 8.42 Å². The average molecular weight is 417 g/mol. The summed E-state index contributed by atoms with van der Waals surface area (Å²) < 4.78 is 23.0. The second kappa shape index (κ2) is 8.78. The number of hydrogen-bond donors (Lipinski definition) is 1. The number of carbonyl (C=O) groups is 2. The Morgan fingerprint density at radius 2 is 1.52 bits per heavy atom. The lowest BCUT2D eigenvalue weighted by Crippen LogP contribution is -2.32. The van der Waals surface area contributed by atoms with E-state index in [1.807, 2.05) is 12.1 Å². The molecule has 0 aliphatic carbocycles. The Kier molecular flexibility index (Phi) is 6.85. The van der Waals surface area contributed by atoms with E-state index in [0.717, 1.165) is 11.8 Å². The van der Waals surface area contributed by atoms with E-state index in [9.17, 15) is 18.0 Å². The van der Waals surface area contributed by atoms with Crippen LogP contribution in [0.4, 0.5) is 5.69 Å². The molecule has 2 amide bonds. The quantitative estimate of drug-likeness (QED) is 0.784. The molecule has 2 aromatic rings. The first kappa shape index (κ1) is 22.6. The molecular formula is C22H28N2O4S. The van der Waals surface area contributed by atoms with Crippen molar-refractivity contribution in [3.05, 3.63) is 59.7 Å². The molecule has 6 nitrogen and oxygen atoms in total. The van der Waals surface area contributed by atoms with Crippen molar-refractivity contribution >= 4 is 27.3 Å². The lowest BCUT2D eigenvalue weighted by molar-refractivity contribution is -0.118. The lowest BCUT2D eigenvalue weighted by atomic mass is 9.87. The molecule has 2 rings (SSSR count). The summed E-state index contributed by atoms with van der Waals surface area (Å²) >= 11 is 0. The fourth-order valence-electron chi connectivity index (χ4n) is 2.74. The summed E-state index contributed by atoms with van der Waals surface area (Å²) in [6.45, 7) is 6.54. The standard InChI is InChI=1S/C22H28N2O4S/c1-22(2,3)17-8-6-16(7-9-17)21(26)23-15-14-20(25)24(4)18-10-12-19(13-11-18)29(5,27)28/h6-13H,14-15H2,1-5H3,(H,23,26). The Hall–Kier alpha value is -2.67. The van der Waals surface area contributed by atoms with Crippen molar-refractivity contribution in [2.45, 2.75) is 37.5 Å². The van der Waals surface area contributed by atoms with Gasteiger partial charge in [-0.2, -0.15) is 0 Å². The number of sulfone groups is 1. The predicted octanol–water partition coefficient (Wildman–Crippen LogP) is 3.17. The van der Waals surface area contributed by atoms with E-state index in [1.165, 1.54) is 17.0 Å². The van der Waals surface area contributed by atoms with Crippen LogP contribution in [-0.4, -0.2) is 40.1 Å². The van der Waals surface area contributed by atoms with E-state index >= 15 is 0 Å². The number of benzene rings is 2. The van der Waals surface area contributed by atoms with Crippen LogP contribution in [0.1, 0.15) is 43.1 Å². The molecule has 0 radical (unpaired) electrons. The van der Waals surface area contributed by atoms with Crippen molar-refractivity contribution in [1.82, 2.24) is 5.32 Å². The molecule has 0 aliphatic heterocycles. The van der Waals surface area contributed by atoms with Crippen LogP contribution in [0, 0.1) is 0 Å². The number of nitrogens with one attached hydrogen (secondary N) is 1. The molecule has 0 aliphatic rings. The van der Waals surface area contributed by atoms with E-state index in [-0.39, 0.29) is 35.1 Å². The largest absolute Gasteiger partial charge is 0.352 e. The van der Waals surface area contributed by atoms with Crippen LogP contribution in [0.2, 0.25) is 0 Å². The van der Waals surface area contributed by atoms with E-state index in [2.05, 4.69) is 26.1 Å². The molecule has 0 saturated heterocycles. The van der Waals surface area contributed by atoms with Gasteiger partial charge in [0, 0.05) is 37.5 Å². The first-order chi connectivity index (χ1) is 13.4.